The Morgan fingerprint density at radius 1 is 1.24 bits per heavy atom. The number of rotatable bonds is 3. The Bertz CT molecular complexity index is 476. The Labute approximate surface area is 128 Å². The number of aliphatic hydroxyl groups excluding tert-OH is 1. The summed E-state index contributed by atoms with van der Waals surface area (Å²) < 4.78 is 0. The van der Waals surface area contributed by atoms with Gasteiger partial charge in [-0.3, -0.25) is 4.90 Å². The number of anilines is 1. The number of benzene rings is 1. The molecule has 21 heavy (non-hydrogen) atoms. The van der Waals surface area contributed by atoms with Gasteiger partial charge in [-0.15, -0.1) is 0 Å². The first-order chi connectivity index (χ1) is 10.2. The molecule has 1 N–H and O–H groups in total. The Balaban J connectivity index is 1.86. The standard InChI is InChI=1S/C18H28N2O/c1-3-18(21)16-9-4-5-10-17(16)20-13-15-8-6-7-11-19(15)12-14(20)2/h4-5,9-10,14-15,18,21H,3,6-8,11-13H2,1-2H3. The van der Waals surface area contributed by atoms with Crippen LogP contribution in [0.15, 0.2) is 24.3 Å². The zero-order chi connectivity index (χ0) is 14.8. The maximum absolute atomic E-state index is 10.3. The summed E-state index contributed by atoms with van der Waals surface area (Å²) in [5.41, 5.74) is 2.33. The molecule has 3 heteroatoms. The van der Waals surface area contributed by atoms with Crippen LogP contribution >= 0.6 is 0 Å². The second kappa shape index (κ2) is 6.37. The fraction of sp³-hybridized carbons (Fsp3) is 0.667. The van der Waals surface area contributed by atoms with E-state index in [1.807, 2.05) is 13.0 Å². The van der Waals surface area contributed by atoms with E-state index in [0.717, 1.165) is 25.1 Å². The summed E-state index contributed by atoms with van der Waals surface area (Å²) >= 11 is 0. The molecule has 2 aliphatic rings. The van der Waals surface area contributed by atoms with Crippen LogP contribution in [0.2, 0.25) is 0 Å². The fourth-order valence-electron chi connectivity index (χ4n) is 3.94. The fourth-order valence-corrected chi connectivity index (χ4v) is 3.94. The average molecular weight is 288 g/mol. The van der Waals surface area contributed by atoms with Crippen LogP contribution in [0.25, 0.3) is 0 Å². The van der Waals surface area contributed by atoms with E-state index in [1.54, 1.807) is 0 Å². The largest absolute Gasteiger partial charge is 0.388 e. The third kappa shape index (κ3) is 2.95. The van der Waals surface area contributed by atoms with Gasteiger partial charge in [0.2, 0.25) is 0 Å². The number of hydrogen-bond acceptors (Lipinski definition) is 3. The van der Waals surface area contributed by atoms with Gasteiger partial charge >= 0.3 is 0 Å². The molecule has 2 aliphatic heterocycles. The summed E-state index contributed by atoms with van der Waals surface area (Å²) in [7, 11) is 0. The molecular formula is C18H28N2O. The topological polar surface area (TPSA) is 26.7 Å². The summed E-state index contributed by atoms with van der Waals surface area (Å²) in [5, 5.41) is 10.3. The summed E-state index contributed by atoms with van der Waals surface area (Å²) in [6, 6.07) is 9.62. The number of fused-ring (bicyclic) bond motifs is 1. The molecule has 3 nitrogen and oxygen atoms in total. The first-order valence-electron chi connectivity index (χ1n) is 8.48. The summed E-state index contributed by atoms with van der Waals surface area (Å²) in [4.78, 5) is 5.20. The van der Waals surface area contributed by atoms with E-state index in [0.29, 0.717) is 12.1 Å². The van der Waals surface area contributed by atoms with Crippen molar-refractivity contribution >= 4 is 5.69 Å². The van der Waals surface area contributed by atoms with E-state index in [1.165, 1.54) is 31.5 Å². The van der Waals surface area contributed by atoms with Crippen LogP contribution in [0.3, 0.4) is 0 Å². The van der Waals surface area contributed by atoms with Crippen LogP contribution in [0.5, 0.6) is 0 Å². The second-order valence-electron chi connectivity index (χ2n) is 6.63. The predicted molar refractivity (Wildman–Crippen MR) is 87.7 cm³/mol. The van der Waals surface area contributed by atoms with Crippen molar-refractivity contribution in [2.75, 3.05) is 24.5 Å². The molecular weight excluding hydrogens is 260 g/mol. The third-order valence-corrected chi connectivity index (χ3v) is 5.18. The highest BCUT2D eigenvalue weighted by atomic mass is 16.3. The lowest BCUT2D eigenvalue weighted by molar-refractivity contribution is 0.115. The van der Waals surface area contributed by atoms with Gasteiger partial charge in [-0.2, -0.15) is 0 Å². The number of para-hydroxylation sites is 1. The lowest BCUT2D eigenvalue weighted by atomic mass is 9.95. The van der Waals surface area contributed by atoms with Gasteiger partial charge in [-0.1, -0.05) is 31.5 Å². The lowest BCUT2D eigenvalue weighted by Crippen LogP contribution is -2.59. The Kier molecular flexibility index (Phi) is 4.51. The zero-order valence-corrected chi connectivity index (χ0v) is 13.3. The molecule has 0 aromatic heterocycles. The predicted octanol–water partition coefficient (Wildman–Crippen LogP) is 3.19. The molecule has 3 atom stereocenters. The van der Waals surface area contributed by atoms with Crippen molar-refractivity contribution in [3.05, 3.63) is 29.8 Å². The van der Waals surface area contributed by atoms with Crippen molar-refractivity contribution in [2.24, 2.45) is 0 Å². The van der Waals surface area contributed by atoms with Crippen LogP contribution < -0.4 is 4.90 Å². The minimum absolute atomic E-state index is 0.349. The molecule has 3 unspecified atom stereocenters. The summed E-state index contributed by atoms with van der Waals surface area (Å²) in [6.07, 6.45) is 4.46. The molecule has 1 aromatic rings. The van der Waals surface area contributed by atoms with Gasteiger partial charge in [0.25, 0.3) is 0 Å². The Morgan fingerprint density at radius 3 is 2.86 bits per heavy atom. The molecule has 0 saturated carbocycles. The van der Waals surface area contributed by atoms with E-state index in [9.17, 15) is 5.11 Å². The van der Waals surface area contributed by atoms with E-state index in [-0.39, 0.29) is 6.10 Å². The quantitative estimate of drug-likeness (QED) is 0.925. The summed E-state index contributed by atoms with van der Waals surface area (Å²) in [6.45, 7) is 7.89. The molecule has 0 radical (unpaired) electrons. The highest BCUT2D eigenvalue weighted by Gasteiger charge is 2.34. The molecule has 2 fully saturated rings. The van der Waals surface area contributed by atoms with Crippen LogP contribution in [-0.4, -0.2) is 41.7 Å². The number of piperazine rings is 1. The molecule has 1 aromatic carbocycles. The van der Waals surface area contributed by atoms with Gasteiger partial charge in [-0.25, -0.2) is 0 Å². The number of hydrogen-bond donors (Lipinski definition) is 1. The molecule has 116 valence electrons. The SMILES string of the molecule is CCC(O)c1ccccc1N1CC2CCCCN2CC1C. The molecule has 3 rings (SSSR count). The Morgan fingerprint density at radius 2 is 2.05 bits per heavy atom. The van der Waals surface area contributed by atoms with Gasteiger partial charge < -0.3 is 10.0 Å². The first kappa shape index (κ1) is 14.9. The van der Waals surface area contributed by atoms with Crippen molar-refractivity contribution in [3.8, 4) is 0 Å². The van der Waals surface area contributed by atoms with E-state index < -0.39 is 0 Å². The third-order valence-electron chi connectivity index (χ3n) is 5.18. The molecule has 2 saturated heterocycles. The van der Waals surface area contributed by atoms with E-state index in [2.05, 4.69) is 34.9 Å². The molecule has 0 amide bonds. The summed E-state index contributed by atoms with van der Waals surface area (Å²) in [5.74, 6) is 0. The van der Waals surface area contributed by atoms with Gasteiger partial charge in [0, 0.05) is 36.4 Å². The zero-order valence-electron chi connectivity index (χ0n) is 13.3. The van der Waals surface area contributed by atoms with Crippen LogP contribution in [0.4, 0.5) is 5.69 Å². The van der Waals surface area contributed by atoms with E-state index in [4.69, 9.17) is 0 Å². The van der Waals surface area contributed by atoms with Crippen molar-refractivity contribution < 1.29 is 5.11 Å². The normalized spacial score (nSPS) is 28.2. The lowest BCUT2D eigenvalue weighted by Gasteiger charge is -2.49. The van der Waals surface area contributed by atoms with Crippen LogP contribution in [0, 0.1) is 0 Å². The molecule has 0 bridgehead atoms. The van der Waals surface area contributed by atoms with Crippen LogP contribution in [0.1, 0.15) is 51.2 Å². The maximum Gasteiger partial charge on any atom is 0.0807 e. The second-order valence-corrected chi connectivity index (χ2v) is 6.63. The van der Waals surface area contributed by atoms with Crippen molar-refractivity contribution in [1.29, 1.82) is 0 Å². The number of piperidine rings is 1. The first-order valence-corrected chi connectivity index (χ1v) is 8.48. The van der Waals surface area contributed by atoms with Gasteiger partial charge in [0.05, 0.1) is 6.10 Å². The monoisotopic (exact) mass is 288 g/mol. The van der Waals surface area contributed by atoms with Gasteiger partial charge in [0.15, 0.2) is 0 Å². The highest BCUT2D eigenvalue weighted by molar-refractivity contribution is 5.56. The van der Waals surface area contributed by atoms with Gasteiger partial charge in [-0.05, 0) is 38.8 Å². The Hall–Kier alpha value is -1.06. The van der Waals surface area contributed by atoms with Crippen molar-refractivity contribution in [1.82, 2.24) is 4.90 Å². The molecule has 2 heterocycles. The van der Waals surface area contributed by atoms with Crippen LogP contribution in [-0.2, 0) is 0 Å². The minimum Gasteiger partial charge on any atom is -0.388 e. The minimum atomic E-state index is -0.349. The van der Waals surface area contributed by atoms with E-state index >= 15 is 0 Å². The van der Waals surface area contributed by atoms with Crippen molar-refractivity contribution in [3.63, 3.8) is 0 Å². The number of nitrogens with zero attached hydrogens (tertiary/aromatic N) is 2. The average Bonchev–Trinajstić information content (AvgIpc) is 2.53. The smallest absolute Gasteiger partial charge is 0.0807 e. The number of aliphatic hydroxyl groups is 1. The molecule has 0 spiro atoms. The van der Waals surface area contributed by atoms with Gasteiger partial charge in [0.1, 0.15) is 0 Å². The van der Waals surface area contributed by atoms with Crippen molar-refractivity contribution in [2.45, 2.75) is 57.7 Å². The maximum atomic E-state index is 10.3. The molecule has 0 aliphatic carbocycles. The highest BCUT2D eigenvalue weighted by Crippen LogP contribution is 2.33.